The third kappa shape index (κ3) is 2.45. The van der Waals surface area contributed by atoms with E-state index < -0.39 is 45.9 Å². The number of hydrogen-bond acceptors (Lipinski definition) is 5. The number of carbonyl (C=O) groups excluding carboxylic acids is 1. The monoisotopic (exact) mass is 288 g/mol. The summed E-state index contributed by atoms with van der Waals surface area (Å²) in [6, 6.07) is 0.762. The van der Waals surface area contributed by atoms with Gasteiger partial charge in [0.1, 0.15) is 5.82 Å². The van der Waals surface area contributed by atoms with Gasteiger partial charge in [0, 0.05) is 25.2 Å². The Labute approximate surface area is 111 Å². The Kier molecular flexibility index (Phi) is 3.64. The number of amides is 1. The fraction of sp³-hybridized carbons (Fsp3) is 0.364. The molecule has 2 N–H and O–H groups in total. The van der Waals surface area contributed by atoms with Crippen LogP contribution in [-0.4, -0.2) is 51.2 Å². The van der Waals surface area contributed by atoms with Crippen molar-refractivity contribution in [2.75, 3.05) is 13.1 Å². The van der Waals surface area contributed by atoms with Gasteiger partial charge in [0.2, 0.25) is 5.82 Å². The van der Waals surface area contributed by atoms with E-state index in [2.05, 4.69) is 0 Å². The summed E-state index contributed by atoms with van der Waals surface area (Å²) in [6.07, 6.45) is -2.34. The molecule has 20 heavy (non-hydrogen) atoms. The molecule has 1 aromatic rings. The molecule has 0 spiro atoms. The number of aliphatic hydroxyl groups excluding tert-OH is 2. The van der Waals surface area contributed by atoms with E-state index in [9.17, 15) is 33.9 Å². The van der Waals surface area contributed by atoms with Crippen molar-refractivity contribution >= 4 is 11.6 Å². The Morgan fingerprint density at radius 2 is 1.80 bits per heavy atom. The SMILES string of the molecule is O=C(c1cc([N+](=O)[O-])c(F)cc1F)N1C[C@@H](O)[C@@H](O)C1. The van der Waals surface area contributed by atoms with Crippen LogP contribution in [0.25, 0.3) is 0 Å². The Hall–Kier alpha value is -2.13. The van der Waals surface area contributed by atoms with Crippen LogP contribution in [0.1, 0.15) is 10.4 Å². The van der Waals surface area contributed by atoms with Crippen LogP contribution in [0, 0.1) is 21.7 Å². The van der Waals surface area contributed by atoms with Gasteiger partial charge in [0.25, 0.3) is 5.91 Å². The number of nitrogens with zero attached hydrogens (tertiary/aromatic N) is 2. The lowest BCUT2D eigenvalue weighted by Crippen LogP contribution is -2.30. The highest BCUT2D eigenvalue weighted by Gasteiger charge is 2.35. The highest BCUT2D eigenvalue weighted by molar-refractivity contribution is 5.95. The van der Waals surface area contributed by atoms with E-state index in [1.807, 2.05) is 0 Å². The van der Waals surface area contributed by atoms with E-state index in [0.717, 1.165) is 4.90 Å². The number of halogens is 2. The Bertz CT molecular complexity index is 570. The van der Waals surface area contributed by atoms with Crippen molar-refractivity contribution in [2.24, 2.45) is 0 Å². The molecule has 2 rings (SSSR count). The zero-order valence-electron chi connectivity index (χ0n) is 9.99. The summed E-state index contributed by atoms with van der Waals surface area (Å²) < 4.78 is 26.7. The summed E-state index contributed by atoms with van der Waals surface area (Å²) >= 11 is 0. The number of hydrogen-bond donors (Lipinski definition) is 2. The lowest BCUT2D eigenvalue weighted by molar-refractivity contribution is -0.387. The van der Waals surface area contributed by atoms with Gasteiger partial charge in [-0.15, -0.1) is 0 Å². The predicted molar refractivity (Wildman–Crippen MR) is 60.9 cm³/mol. The van der Waals surface area contributed by atoms with Crippen LogP contribution in [0.4, 0.5) is 14.5 Å². The quantitative estimate of drug-likeness (QED) is 0.591. The molecular formula is C11H10F2N2O5. The normalized spacial score (nSPS) is 22.1. The van der Waals surface area contributed by atoms with E-state index in [0.29, 0.717) is 6.07 Å². The number of nitro benzene ring substituents is 1. The van der Waals surface area contributed by atoms with Gasteiger partial charge in [-0.25, -0.2) is 4.39 Å². The van der Waals surface area contributed by atoms with Gasteiger partial charge >= 0.3 is 5.69 Å². The van der Waals surface area contributed by atoms with Crippen molar-refractivity contribution in [3.05, 3.63) is 39.4 Å². The number of benzene rings is 1. The van der Waals surface area contributed by atoms with Crippen LogP contribution >= 0.6 is 0 Å². The molecule has 9 heteroatoms. The van der Waals surface area contributed by atoms with E-state index in [-0.39, 0.29) is 19.2 Å². The summed E-state index contributed by atoms with van der Waals surface area (Å²) in [5.74, 6) is -3.58. The van der Waals surface area contributed by atoms with Gasteiger partial charge in [0.05, 0.1) is 22.7 Å². The van der Waals surface area contributed by atoms with Crippen molar-refractivity contribution in [3.8, 4) is 0 Å². The maximum absolute atomic E-state index is 13.6. The van der Waals surface area contributed by atoms with Crippen LogP contribution in [0.3, 0.4) is 0 Å². The molecule has 0 unspecified atom stereocenters. The molecule has 1 heterocycles. The van der Waals surface area contributed by atoms with Crippen molar-refractivity contribution in [1.29, 1.82) is 0 Å². The molecule has 1 saturated heterocycles. The molecule has 0 aromatic heterocycles. The second kappa shape index (κ2) is 5.10. The molecule has 1 aliphatic rings. The molecule has 0 bridgehead atoms. The Morgan fingerprint density at radius 3 is 2.30 bits per heavy atom. The van der Waals surface area contributed by atoms with Crippen LogP contribution in [0.5, 0.6) is 0 Å². The molecular weight excluding hydrogens is 278 g/mol. The second-order valence-electron chi connectivity index (χ2n) is 4.39. The molecule has 1 amide bonds. The van der Waals surface area contributed by atoms with Crippen LogP contribution in [-0.2, 0) is 0 Å². The van der Waals surface area contributed by atoms with Crippen molar-refractivity contribution in [1.82, 2.24) is 4.90 Å². The first-order chi connectivity index (χ1) is 9.31. The van der Waals surface area contributed by atoms with Crippen molar-refractivity contribution < 1.29 is 28.7 Å². The summed E-state index contributed by atoms with van der Waals surface area (Å²) in [5, 5.41) is 29.2. The summed E-state index contributed by atoms with van der Waals surface area (Å²) in [5.41, 5.74) is -1.70. The highest BCUT2D eigenvalue weighted by atomic mass is 19.1. The molecule has 0 aliphatic carbocycles. The molecule has 2 atom stereocenters. The van der Waals surface area contributed by atoms with Gasteiger partial charge in [-0.2, -0.15) is 4.39 Å². The Morgan fingerprint density at radius 1 is 1.25 bits per heavy atom. The average Bonchev–Trinajstić information content (AvgIpc) is 2.68. The fourth-order valence-corrected chi connectivity index (χ4v) is 1.95. The minimum Gasteiger partial charge on any atom is -0.388 e. The number of aliphatic hydroxyl groups is 2. The average molecular weight is 288 g/mol. The number of β-amino-alcohol motifs (C(OH)–C–C–N with tert-alkyl or cyclic N) is 2. The molecule has 1 aliphatic heterocycles. The largest absolute Gasteiger partial charge is 0.388 e. The number of carbonyl (C=O) groups is 1. The van der Waals surface area contributed by atoms with E-state index >= 15 is 0 Å². The number of likely N-dealkylation sites (tertiary alicyclic amines) is 1. The minimum atomic E-state index is -1.38. The third-order valence-corrected chi connectivity index (χ3v) is 3.01. The number of nitro groups is 1. The molecule has 7 nitrogen and oxygen atoms in total. The van der Waals surface area contributed by atoms with Gasteiger partial charge in [-0.3, -0.25) is 14.9 Å². The van der Waals surface area contributed by atoms with Crippen LogP contribution < -0.4 is 0 Å². The summed E-state index contributed by atoms with van der Waals surface area (Å²) in [6.45, 7) is -0.463. The highest BCUT2D eigenvalue weighted by Crippen LogP contribution is 2.24. The molecule has 1 fully saturated rings. The van der Waals surface area contributed by atoms with Crippen LogP contribution in [0.15, 0.2) is 12.1 Å². The lowest BCUT2D eigenvalue weighted by Gasteiger charge is -2.15. The zero-order valence-corrected chi connectivity index (χ0v) is 9.99. The standard InChI is InChI=1S/C11H10F2N2O5/c12-6-2-7(13)8(15(19)20)1-5(6)11(18)14-3-9(16)10(17)4-14/h1-2,9-10,16-17H,3-4H2/t9-,10+. The van der Waals surface area contributed by atoms with Crippen molar-refractivity contribution in [2.45, 2.75) is 12.2 Å². The zero-order chi connectivity index (χ0) is 15.0. The first-order valence-corrected chi connectivity index (χ1v) is 5.60. The Balaban J connectivity index is 2.35. The maximum Gasteiger partial charge on any atom is 0.305 e. The molecule has 1 aromatic carbocycles. The van der Waals surface area contributed by atoms with E-state index in [1.54, 1.807) is 0 Å². The summed E-state index contributed by atoms with van der Waals surface area (Å²) in [7, 11) is 0. The molecule has 108 valence electrons. The second-order valence-corrected chi connectivity index (χ2v) is 4.39. The van der Waals surface area contributed by atoms with Gasteiger partial charge in [-0.1, -0.05) is 0 Å². The lowest BCUT2D eigenvalue weighted by atomic mass is 10.1. The predicted octanol–water partition coefficient (Wildman–Crippen LogP) is 0.0506. The summed E-state index contributed by atoms with van der Waals surface area (Å²) in [4.78, 5) is 22.4. The first kappa shape index (κ1) is 14.3. The smallest absolute Gasteiger partial charge is 0.305 e. The van der Waals surface area contributed by atoms with E-state index in [1.165, 1.54) is 0 Å². The third-order valence-electron chi connectivity index (χ3n) is 3.01. The van der Waals surface area contributed by atoms with Gasteiger partial charge in [0.15, 0.2) is 0 Å². The minimum absolute atomic E-state index is 0.232. The topological polar surface area (TPSA) is 104 Å². The fourth-order valence-electron chi connectivity index (χ4n) is 1.95. The van der Waals surface area contributed by atoms with E-state index in [4.69, 9.17) is 0 Å². The maximum atomic E-state index is 13.6. The van der Waals surface area contributed by atoms with Crippen molar-refractivity contribution in [3.63, 3.8) is 0 Å². The number of rotatable bonds is 2. The molecule has 0 radical (unpaired) electrons. The van der Waals surface area contributed by atoms with Crippen LogP contribution in [0.2, 0.25) is 0 Å². The molecule has 0 saturated carbocycles. The first-order valence-electron chi connectivity index (χ1n) is 5.60. The van der Waals surface area contributed by atoms with Gasteiger partial charge in [-0.05, 0) is 0 Å². The van der Waals surface area contributed by atoms with Gasteiger partial charge < -0.3 is 15.1 Å².